The minimum Gasteiger partial charge on any atom is -0.319 e. The molecule has 0 aliphatic rings. The molecule has 4 nitrogen and oxygen atoms in total. The summed E-state index contributed by atoms with van der Waals surface area (Å²) >= 11 is 0. The summed E-state index contributed by atoms with van der Waals surface area (Å²) in [5, 5.41) is 2.25. The van der Waals surface area contributed by atoms with Crippen molar-refractivity contribution >= 4 is 32.8 Å². The third-order valence-electron chi connectivity index (χ3n) is 13.6. The van der Waals surface area contributed by atoms with Gasteiger partial charge in [-0.1, -0.05) is 169 Å². The second-order valence-corrected chi connectivity index (χ2v) is 17.8. The summed E-state index contributed by atoms with van der Waals surface area (Å²) in [6, 6.07) is 91.1. The van der Waals surface area contributed by atoms with Gasteiger partial charge < -0.3 is 4.57 Å². The van der Waals surface area contributed by atoms with Crippen molar-refractivity contribution in [2.45, 2.75) is 25.3 Å². The normalized spacial score (nSPS) is 11.6. The van der Waals surface area contributed by atoms with Crippen molar-refractivity contribution in [2.24, 2.45) is 0 Å². The smallest absolute Gasteiger partial charge is 0.188 e. The van der Waals surface area contributed by atoms with Gasteiger partial charge in [0.2, 0.25) is 0 Å². The number of nitrogens with zero attached hydrogens (tertiary/aromatic N) is 4. The van der Waals surface area contributed by atoms with E-state index in [0.29, 0.717) is 0 Å². The number of aromatic nitrogens is 4. The van der Waals surface area contributed by atoms with Crippen LogP contribution in [0.1, 0.15) is 42.1 Å². The molecule has 0 bridgehead atoms. The van der Waals surface area contributed by atoms with Crippen LogP contribution in [0.25, 0.3) is 77.7 Å². The fourth-order valence-corrected chi connectivity index (χ4v) is 10.5. The summed E-state index contributed by atoms with van der Waals surface area (Å²) in [5.74, 6) is 0.820. The van der Waals surface area contributed by atoms with E-state index in [0.717, 1.165) is 83.3 Å². The number of fused-ring (bicyclic) bond motifs is 4. The summed E-state index contributed by atoms with van der Waals surface area (Å²) in [7, 11) is 0. The number of imidazole rings is 1. The molecule has 69 heavy (non-hydrogen) atoms. The first-order valence-electron chi connectivity index (χ1n) is 23.4. The minimum atomic E-state index is -0.820. The number of para-hydroxylation sites is 3. The van der Waals surface area contributed by atoms with Gasteiger partial charge in [0.25, 0.3) is 0 Å². The molecule has 0 fully saturated rings. The van der Waals surface area contributed by atoms with Crippen LogP contribution in [-0.2, 0) is 26.5 Å². The van der Waals surface area contributed by atoms with Gasteiger partial charge in [-0.15, -0.1) is 22.6 Å². The molecule has 0 saturated heterocycles. The average Bonchev–Trinajstić information content (AvgIpc) is 3.97. The van der Waals surface area contributed by atoms with Crippen LogP contribution in [-0.4, -0.2) is 18.7 Å². The second kappa shape index (κ2) is 18.3. The standard InChI is InChI=1S/C64H47N4.Pt/c1-45(2)66-44-67(60-36-18-17-35-59(60)66)53-30-19-29-51(42-53)64(49-25-11-5-12-26-49,50-27-13-6-14-28-50)52-37-38-57-56-31-15-16-34-58(56)68(61(57)43-52)62-41-48(39-40-65-62)63-54(46-21-7-3-8-22-46)32-20-33-55(63)47-23-9-4-10-24-47;/h3-41,44-45H,1-2H3;/q-1;. The molecule has 0 N–H and O–H groups in total. The van der Waals surface area contributed by atoms with Crippen LogP contribution in [0.5, 0.6) is 0 Å². The maximum absolute atomic E-state index is 5.20. The zero-order chi connectivity index (χ0) is 45.6. The van der Waals surface area contributed by atoms with E-state index in [1.54, 1.807) is 0 Å². The maximum atomic E-state index is 5.20. The summed E-state index contributed by atoms with van der Waals surface area (Å²) in [6.07, 6.45) is 4.18. The third-order valence-corrected chi connectivity index (χ3v) is 13.6. The van der Waals surface area contributed by atoms with E-state index >= 15 is 0 Å². The van der Waals surface area contributed by atoms with Crippen LogP contribution in [0, 0.1) is 12.1 Å². The molecule has 0 aliphatic carbocycles. The first-order valence-corrected chi connectivity index (χ1v) is 23.4. The van der Waals surface area contributed by atoms with Gasteiger partial charge in [0, 0.05) is 56.0 Å². The van der Waals surface area contributed by atoms with Crippen molar-refractivity contribution in [3.8, 4) is 44.9 Å². The van der Waals surface area contributed by atoms with Crippen molar-refractivity contribution in [1.29, 1.82) is 0 Å². The summed E-state index contributed by atoms with van der Waals surface area (Å²) in [4.78, 5) is 5.20. The molecule has 0 aliphatic heterocycles. The van der Waals surface area contributed by atoms with E-state index in [1.165, 1.54) is 16.6 Å². The zero-order valence-corrected chi connectivity index (χ0v) is 40.5. The molecule has 3 aromatic heterocycles. The number of pyridine rings is 1. The Balaban J connectivity index is 0.00000520. The van der Waals surface area contributed by atoms with Gasteiger partial charge in [0.05, 0.1) is 6.04 Å². The fourth-order valence-electron chi connectivity index (χ4n) is 10.5. The Morgan fingerprint density at radius 3 is 1.67 bits per heavy atom. The molecule has 0 unspecified atom stereocenters. The van der Waals surface area contributed by atoms with Crippen molar-refractivity contribution in [2.75, 3.05) is 0 Å². The molecule has 0 radical (unpaired) electrons. The maximum Gasteiger partial charge on any atom is 0.188 e. The summed E-state index contributed by atoms with van der Waals surface area (Å²) < 4.78 is 6.93. The van der Waals surface area contributed by atoms with Gasteiger partial charge in [0.15, 0.2) is 17.4 Å². The van der Waals surface area contributed by atoms with Crippen LogP contribution in [0.15, 0.2) is 243 Å². The monoisotopic (exact) mass is 1070 g/mol. The average molecular weight is 1070 g/mol. The summed E-state index contributed by atoms with van der Waals surface area (Å²) in [5.41, 5.74) is 15.7. The van der Waals surface area contributed by atoms with E-state index < -0.39 is 5.41 Å². The molecule has 5 heteroatoms. The fraction of sp³-hybridized carbons (Fsp3) is 0.0625. The van der Waals surface area contributed by atoms with Gasteiger partial charge in [-0.2, -0.15) is 30.3 Å². The zero-order valence-electron chi connectivity index (χ0n) is 38.3. The Labute approximate surface area is 417 Å². The number of benzene rings is 9. The van der Waals surface area contributed by atoms with Crippen molar-refractivity contribution < 1.29 is 21.1 Å². The SMILES string of the molecule is CC(C)n1[cH+]n(-c2[c-]c(C(c3[c-]c4c(cc3)c3ccccc3n4-c3cc(-c4c(-c5ccccc5)cccc4-c4ccccc4)ccn3)(c3ccccc3)c3ccccc3)ccc2)c2ccccc21.[Pt]. The van der Waals surface area contributed by atoms with Gasteiger partial charge in [-0.05, 0) is 94.1 Å². The van der Waals surface area contributed by atoms with Crippen LogP contribution < -0.4 is 0 Å². The Morgan fingerprint density at radius 2 is 1.03 bits per heavy atom. The predicted molar refractivity (Wildman–Crippen MR) is 280 cm³/mol. The van der Waals surface area contributed by atoms with Crippen molar-refractivity contribution in [3.05, 3.63) is 277 Å². The van der Waals surface area contributed by atoms with Crippen LogP contribution in [0.3, 0.4) is 0 Å². The molecule has 3 heterocycles. The number of hydrogen-bond acceptors (Lipinski definition) is 1. The molecule has 334 valence electrons. The van der Waals surface area contributed by atoms with E-state index in [1.807, 2.05) is 6.20 Å². The molecular weight excluding hydrogens is 1020 g/mol. The molecule has 12 rings (SSSR count). The largest absolute Gasteiger partial charge is 0.319 e. The molecule has 0 atom stereocenters. The molecular formula is C64H47N4Pt-. The van der Waals surface area contributed by atoms with Crippen LogP contribution in [0.2, 0.25) is 0 Å². The van der Waals surface area contributed by atoms with Crippen LogP contribution in [0.4, 0.5) is 0 Å². The van der Waals surface area contributed by atoms with Gasteiger partial charge >= 0.3 is 0 Å². The van der Waals surface area contributed by atoms with E-state index in [-0.39, 0.29) is 27.1 Å². The molecule has 9 aromatic carbocycles. The predicted octanol–water partition coefficient (Wildman–Crippen LogP) is 15.8. The molecule has 12 aromatic rings. The number of rotatable bonds is 10. The quantitative estimate of drug-likeness (QED) is 0.0991. The topological polar surface area (TPSA) is 27.7 Å². The van der Waals surface area contributed by atoms with Crippen molar-refractivity contribution in [1.82, 2.24) is 18.7 Å². The second-order valence-electron chi connectivity index (χ2n) is 17.8. The van der Waals surface area contributed by atoms with E-state index in [4.69, 9.17) is 4.98 Å². The summed E-state index contributed by atoms with van der Waals surface area (Å²) in [6.45, 7) is 4.46. The first-order chi connectivity index (χ1) is 33.6. The molecule has 0 saturated carbocycles. The van der Waals surface area contributed by atoms with Crippen LogP contribution >= 0.6 is 0 Å². The number of hydrogen-bond donors (Lipinski definition) is 0. The van der Waals surface area contributed by atoms with Gasteiger partial charge in [-0.25, -0.2) is 14.1 Å². The Bertz CT molecular complexity index is 3670. The Hall–Kier alpha value is -7.91. The van der Waals surface area contributed by atoms with E-state index in [2.05, 4.69) is 277 Å². The third kappa shape index (κ3) is 7.44. The van der Waals surface area contributed by atoms with Gasteiger partial charge in [-0.3, -0.25) is 0 Å². The van der Waals surface area contributed by atoms with Crippen molar-refractivity contribution in [3.63, 3.8) is 0 Å². The Kier molecular flexibility index (Phi) is 11.6. The minimum absolute atomic E-state index is 0. The van der Waals surface area contributed by atoms with E-state index in [9.17, 15) is 0 Å². The first kappa shape index (κ1) is 43.6. The van der Waals surface area contributed by atoms with Gasteiger partial charge in [0.1, 0.15) is 5.82 Å². The molecule has 0 amide bonds. The molecule has 0 spiro atoms. The Morgan fingerprint density at radius 1 is 0.478 bits per heavy atom.